The maximum Gasteiger partial charge on any atom is 0.330 e. The molecule has 1 aromatic heterocycles. The Morgan fingerprint density at radius 2 is 2.26 bits per heavy atom. The van der Waals surface area contributed by atoms with Crippen LogP contribution in [0.5, 0.6) is 5.75 Å². The number of methoxy groups -OCH3 is 1. The van der Waals surface area contributed by atoms with Gasteiger partial charge in [0.1, 0.15) is 5.75 Å². The van der Waals surface area contributed by atoms with Gasteiger partial charge in [0.2, 0.25) is 5.91 Å². The molecule has 0 fully saturated rings. The fourth-order valence-electron chi connectivity index (χ4n) is 1.98. The van der Waals surface area contributed by atoms with E-state index in [1.165, 1.54) is 18.4 Å². The minimum Gasteiger partial charge on any atom is -0.496 e. The van der Waals surface area contributed by atoms with Gasteiger partial charge in [-0.05, 0) is 33.6 Å². The van der Waals surface area contributed by atoms with Crippen LogP contribution in [0, 0.1) is 0 Å². The number of carbonyl (C=O) groups is 2. The van der Waals surface area contributed by atoms with Crippen molar-refractivity contribution in [2.24, 2.45) is 0 Å². The maximum absolute atomic E-state index is 12.0. The van der Waals surface area contributed by atoms with Gasteiger partial charge in [0.25, 0.3) is 0 Å². The second kappa shape index (κ2) is 8.07. The molecular weight excluding hydrogens is 384 g/mol. The first-order valence-electron chi connectivity index (χ1n) is 6.75. The monoisotopic (exact) mass is 398 g/mol. The lowest BCUT2D eigenvalue weighted by Gasteiger charge is -2.16. The topological polar surface area (TPSA) is 88.5 Å². The molecule has 6 nitrogen and oxygen atoms in total. The molecule has 0 radical (unpaired) electrons. The van der Waals surface area contributed by atoms with Crippen molar-refractivity contribution in [3.8, 4) is 5.75 Å². The standard InChI is InChI=1S/C15H15BrN2O4S/c1-22-11-3-2-9(8-10(11)16)14(15(20)21)18-12(19)4-5-13-17-6-7-23-13/h2-3,6-8,14H,4-5H2,1H3,(H,18,19)(H,20,21). The highest BCUT2D eigenvalue weighted by molar-refractivity contribution is 9.10. The molecule has 1 unspecified atom stereocenters. The third-order valence-corrected chi connectivity index (χ3v) is 4.57. The van der Waals surface area contributed by atoms with Crippen LogP contribution in [0.4, 0.5) is 0 Å². The van der Waals surface area contributed by atoms with E-state index in [9.17, 15) is 14.7 Å². The Morgan fingerprint density at radius 3 is 2.83 bits per heavy atom. The molecule has 2 rings (SSSR count). The number of hydrogen-bond acceptors (Lipinski definition) is 5. The number of nitrogens with one attached hydrogen (secondary N) is 1. The maximum atomic E-state index is 12.0. The Kier molecular flexibility index (Phi) is 6.12. The number of carboxylic acid groups (broad SMARTS) is 1. The molecule has 1 amide bonds. The summed E-state index contributed by atoms with van der Waals surface area (Å²) in [5.74, 6) is -0.864. The Bertz CT molecular complexity index is 691. The molecule has 0 saturated heterocycles. The van der Waals surface area contributed by atoms with E-state index in [0.29, 0.717) is 22.2 Å². The van der Waals surface area contributed by atoms with Gasteiger partial charge < -0.3 is 15.2 Å². The zero-order valence-corrected chi connectivity index (χ0v) is 14.7. The van der Waals surface area contributed by atoms with E-state index >= 15 is 0 Å². The fourth-order valence-corrected chi connectivity index (χ4v) is 3.16. The quantitative estimate of drug-likeness (QED) is 0.748. The molecule has 23 heavy (non-hydrogen) atoms. The number of aromatic nitrogens is 1. The summed E-state index contributed by atoms with van der Waals surface area (Å²) in [6, 6.07) is 3.78. The van der Waals surface area contributed by atoms with Gasteiger partial charge in [0.05, 0.1) is 16.6 Å². The van der Waals surface area contributed by atoms with Crippen LogP contribution in [0.1, 0.15) is 23.0 Å². The van der Waals surface area contributed by atoms with Crippen molar-refractivity contribution in [1.29, 1.82) is 0 Å². The highest BCUT2D eigenvalue weighted by atomic mass is 79.9. The average Bonchev–Trinajstić information content (AvgIpc) is 3.03. The lowest BCUT2D eigenvalue weighted by molar-refractivity contribution is -0.142. The molecule has 2 N–H and O–H groups in total. The largest absolute Gasteiger partial charge is 0.496 e. The van der Waals surface area contributed by atoms with Crippen molar-refractivity contribution in [3.63, 3.8) is 0 Å². The summed E-state index contributed by atoms with van der Waals surface area (Å²) in [5, 5.41) is 14.6. The number of aryl methyl sites for hydroxylation is 1. The van der Waals surface area contributed by atoms with Gasteiger partial charge in [-0.2, -0.15) is 0 Å². The summed E-state index contributed by atoms with van der Waals surface area (Å²) in [6.45, 7) is 0. The van der Waals surface area contributed by atoms with E-state index in [-0.39, 0.29) is 12.3 Å². The van der Waals surface area contributed by atoms with Crippen molar-refractivity contribution in [3.05, 3.63) is 44.8 Å². The summed E-state index contributed by atoms with van der Waals surface area (Å²) < 4.78 is 5.74. The van der Waals surface area contributed by atoms with Crippen LogP contribution in [0.15, 0.2) is 34.2 Å². The predicted molar refractivity (Wildman–Crippen MR) is 89.6 cm³/mol. The van der Waals surface area contributed by atoms with E-state index < -0.39 is 12.0 Å². The molecule has 1 atom stereocenters. The molecule has 1 aromatic carbocycles. The van der Waals surface area contributed by atoms with Crippen LogP contribution in [0.3, 0.4) is 0 Å². The van der Waals surface area contributed by atoms with Crippen molar-refractivity contribution in [2.75, 3.05) is 7.11 Å². The van der Waals surface area contributed by atoms with Gasteiger partial charge in [0, 0.05) is 24.4 Å². The van der Waals surface area contributed by atoms with Crippen LogP contribution in [0.25, 0.3) is 0 Å². The molecule has 0 aliphatic rings. The van der Waals surface area contributed by atoms with Crippen LogP contribution in [-0.4, -0.2) is 29.1 Å². The molecule has 0 bridgehead atoms. The minimum absolute atomic E-state index is 0.189. The van der Waals surface area contributed by atoms with E-state index in [0.717, 1.165) is 5.01 Å². The number of benzene rings is 1. The molecule has 1 heterocycles. The van der Waals surface area contributed by atoms with Crippen molar-refractivity contribution in [1.82, 2.24) is 10.3 Å². The summed E-state index contributed by atoms with van der Waals surface area (Å²) in [5.41, 5.74) is 0.466. The second-order valence-electron chi connectivity index (χ2n) is 4.66. The van der Waals surface area contributed by atoms with E-state index in [2.05, 4.69) is 26.2 Å². The Labute approximate surface area is 145 Å². The molecule has 0 aliphatic carbocycles. The molecule has 2 aromatic rings. The van der Waals surface area contributed by atoms with Gasteiger partial charge >= 0.3 is 5.97 Å². The van der Waals surface area contributed by atoms with Crippen LogP contribution in [-0.2, 0) is 16.0 Å². The summed E-state index contributed by atoms with van der Waals surface area (Å²) >= 11 is 4.78. The molecule has 122 valence electrons. The van der Waals surface area contributed by atoms with Crippen molar-refractivity contribution in [2.45, 2.75) is 18.9 Å². The molecule has 0 saturated carbocycles. The van der Waals surface area contributed by atoms with Gasteiger partial charge in [-0.1, -0.05) is 6.07 Å². The van der Waals surface area contributed by atoms with Gasteiger partial charge in [-0.15, -0.1) is 11.3 Å². The Balaban J connectivity index is 2.04. The molecule has 0 spiro atoms. The van der Waals surface area contributed by atoms with Crippen LogP contribution in [0.2, 0.25) is 0 Å². The SMILES string of the molecule is COc1ccc(C(NC(=O)CCc2nccs2)C(=O)O)cc1Br. The van der Waals surface area contributed by atoms with Gasteiger partial charge in [0.15, 0.2) is 6.04 Å². The van der Waals surface area contributed by atoms with E-state index in [1.807, 2.05) is 5.38 Å². The number of amides is 1. The zero-order chi connectivity index (χ0) is 16.8. The number of hydrogen-bond donors (Lipinski definition) is 2. The number of carbonyl (C=O) groups excluding carboxylic acids is 1. The third-order valence-electron chi connectivity index (χ3n) is 3.11. The first-order chi connectivity index (χ1) is 11.0. The number of halogens is 1. The van der Waals surface area contributed by atoms with Crippen molar-refractivity contribution < 1.29 is 19.4 Å². The van der Waals surface area contributed by atoms with Gasteiger partial charge in [-0.25, -0.2) is 9.78 Å². The lowest BCUT2D eigenvalue weighted by Crippen LogP contribution is -2.33. The van der Waals surface area contributed by atoms with Gasteiger partial charge in [-0.3, -0.25) is 4.79 Å². The first-order valence-corrected chi connectivity index (χ1v) is 8.42. The summed E-state index contributed by atoms with van der Waals surface area (Å²) in [7, 11) is 1.52. The number of nitrogens with zero attached hydrogens (tertiary/aromatic N) is 1. The second-order valence-corrected chi connectivity index (χ2v) is 6.49. The number of ether oxygens (including phenoxy) is 1. The summed E-state index contributed by atoms with van der Waals surface area (Å²) in [6.07, 6.45) is 2.35. The Hall–Kier alpha value is -1.93. The lowest BCUT2D eigenvalue weighted by atomic mass is 10.1. The molecular formula is C15H15BrN2O4S. The van der Waals surface area contributed by atoms with Crippen LogP contribution >= 0.6 is 27.3 Å². The number of carboxylic acids is 1. The van der Waals surface area contributed by atoms with Crippen LogP contribution < -0.4 is 10.1 Å². The average molecular weight is 399 g/mol. The highest BCUT2D eigenvalue weighted by Crippen LogP contribution is 2.28. The normalized spacial score (nSPS) is 11.7. The smallest absolute Gasteiger partial charge is 0.330 e. The number of aliphatic carboxylic acids is 1. The fraction of sp³-hybridized carbons (Fsp3) is 0.267. The highest BCUT2D eigenvalue weighted by Gasteiger charge is 2.23. The van der Waals surface area contributed by atoms with E-state index in [1.54, 1.807) is 24.4 Å². The number of rotatable bonds is 7. The summed E-state index contributed by atoms with van der Waals surface area (Å²) in [4.78, 5) is 27.6. The minimum atomic E-state index is -1.12. The number of thiazole rings is 1. The third kappa shape index (κ3) is 4.77. The molecule has 8 heteroatoms. The first kappa shape index (κ1) is 17.4. The zero-order valence-electron chi connectivity index (χ0n) is 12.3. The van der Waals surface area contributed by atoms with E-state index in [4.69, 9.17) is 4.74 Å². The predicted octanol–water partition coefficient (Wildman–Crippen LogP) is 2.79. The Morgan fingerprint density at radius 1 is 1.48 bits per heavy atom. The molecule has 0 aliphatic heterocycles. The van der Waals surface area contributed by atoms with Crippen molar-refractivity contribution >= 4 is 39.1 Å².